The van der Waals surface area contributed by atoms with E-state index in [0.29, 0.717) is 21.3 Å². The van der Waals surface area contributed by atoms with Gasteiger partial charge in [0.1, 0.15) is 0 Å². The van der Waals surface area contributed by atoms with Crippen molar-refractivity contribution < 1.29 is 9.90 Å². The number of aromatic nitrogens is 2. The van der Waals surface area contributed by atoms with Crippen LogP contribution in [0.3, 0.4) is 0 Å². The Morgan fingerprint density at radius 2 is 2.03 bits per heavy atom. The van der Waals surface area contributed by atoms with Crippen molar-refractivity contribution in [3.63, 3.8) is 0 Å². The van der Waals surface area contributed by atoms with Gasteiger partial charge < -0.3 is 10.4 Å². The third-order valence-corrected chi connectivity index (χ3v) is 5.83. The van der Waals surface area contributed by atoms with Gasteiger partial charge in [-0.2, -0.15) is 5.10 Å². The first-order valence-electron chi connectivity index (χ1n) is 9.53. The largest absolute Gasteiger partial charge is 0.387 e. The summed E-state index contributed by atoms with van der Waals surface area (Å²) in [7, 11) is 0. The molecule has 2 N–H and O–H groups in total. The number of hydrogen-bond donors (Lipinski definition) is 2. The number of fused-ring (bicyclic) bond motifs is 1. The Kier molecular flexibility index (Phi) is 5.63. The molecule has 1 aromatic heterocycles. The number of halogens is 2. The number of aryl methyl sites for hydroxylation is 1. The number of nitrogens with zero attached hydrogens (tertiary/aromatic N) is 2. The van der Waals surface area contributed by atoms with E-state index in [-0.39, 0.29) is 12.5 Å². The highest BCUT2D eigenvalue weighted by Crippen LogP contribution is 2.29. The van der Waals surface area contributed by atoms with Crippen LogP contribution in [0, 0.1) is 6.92 Å². The van der Waals surface area contributed by atoms with Gasteiger partial charge in [-0.25, -0.2) is 4.68 Å². The van der Waals surface area contributed by atoms with E-state index in [1.165, 1.54) is 0 Å². The van der Waals surface area contributed by atoms with Gasteiger partial charge in [0.15, 0.2) is 5.69 Å². The minimum atomic E-state index is -0.935. The second-order valence-corrected chi connectivity index (χ2v) is 8.06. The average Bonchev–Trinajstić information content (AvgIpc) is 3.29. The summed E-state index contributed by atoms with van der Waals surface area (Å²) in [5.41, 5.74) is 5.11. The quantitative estimate of drug-likeness (QED) is 0.629. The molecule has 150 valence electrons. The Bertz CT molecular complexity index is 1080. The molecule has 1 unspecified atom stereocenters. The fourth-order valence-electron chi connectivity index (χ4n) is 3.77. The number of benzene rings is 2. The van der Waals surface area contributed by atoms with Gasteiger partial charge in [0.05, 0.1) is 11.8 Å². The Morgan fingerprint density at radius 3 is 2.79 bits per heavy atom. The van der Waals surface area contributed by atoms with Gasteiger partial charge in [-0.15, -0.1) is 0 Å². The van der Waals surface area contributed by atoms with E-state index < -0.39 is 6.10 Å². The van der Waals surface area contributed by atoms with E-state index in [0.717, 1.165) is 41.8 Å². The highest BCUT2D eigenvalue weighted by Gasteiger charge is 2.27. The maximum absolute atomic E-state index is 12.9. The lowest BCUT2D eigenvalue weighted by atomic mass is 10.1. The van der Waals surface area contributed by atoms with Crippen molar-refractivity contribution in [1.82, 2.24) is 15.1 Å². The zero-order chi connectivity index (χ0) is 20.5. The van der Waals surface area contributed by atoms with Gasteiger partial charge in [0.25, 0.3) is 5.91 Å². The Morgan fingerprint density at radius 1 is 1.24 bits per heavy atom. The first-order chi connectivity index (χ1) is 14.0. The Hall–Kier alpha value is -2.34. The van der Waals surface area contributed by atoms with Crippen molar-refractivity contribution in [3.05, 3.63) is 80.6 Å². The van der Waals surface area contributed by atoms with Crippen LogP contribution in [-0.2, 0) is 12.8 Å². The SMILES string of the molecule is Cc1ccccc1-n1nc(C(=O)NCC(O)c2ccc(Cl)cc2Cl)c2c1CCC2. The number of nitrogens with one attached hydrogen (secondary N) is 1. The molecule has 1 heterocycles. The summed E-state index contributed by atoms with van der Waals surface area (Å²) >= 11 is 12.0. The summed E-state index contributed by atoms with van der Waals surface area (Å²) in [4.78, 5) is 12.9. The number of aliphatic hydroxyl groups excluding tert-OH is 1. The van der Waals surface area contributed by atoms with Crippen molar-refractivity contribution >= 4 is 29.1 Å². The van der Waals surface area contributed by atoms with Crippen molar-refractivity contribution in [3.8, 4) is 5.69 Å². The van der Waals surface area contributed by atoms with Crippen LogP contribution in [-0.4, -0.2) is 27.3 Å². The topological polar surface area (TPSA) is 67.2 Å². The van der Waals surface area contributed by atoms with Crippen LogP contribution in [0.5, 0.6) is 0 Å². The number of para-hydroxylation sites is 1. The highest BCUT2D eigenvalue weighted by molar-refractivity contribution is 6.35. The minimum Gasteiger partial charge on any atom is -0.387 e. The Labute approximate surface area is 179 Å². The molecule has 29 heavy (non-hydrogen) atoms. The van der Waals surface area contributed by atoms with Crippen LogP contribution >= 0.6 is 23.2 Å². The smallest absolute Gasteiger partial charge is 0.272 e. The number of carbonyl (C=O) groups is 1. The first-order valence-corrected chi connectivity index (χ1v) is 10.3. The first kappa shape index (κ1) is 20.0. The van der Waals surface area contributed by atoms with E-state index in [2.05, 4.69) is 10.4 Å². The monoisotopic (exact) mass is 429 g/mol. The van der Waals surface area contributed by atoms with Crippen LogP contribution < -0.4 is 5.32 Å². The van der Waals surface area contributed by atoms with Crippen LogP contribution in [0.4, 0.5) is 0 Å². The standard InChI is InChI=1S/C22H21Cl2N3O2/c1-13-5-2-3-7-18(13)27-19-8-4-6-16(19)21(26-27)22(29)25-12-20(28)15-10-9-14(23)11-17(15)24/h2-3,5,7,9-11,20,28H,4,6,8,12H2,1H3,(H,25,29). The molecular weight excluding hydrogens is 409 g/mol. The third kappa shape index (κ3) is 3.90. The zero-order valence-corrected chi connectivity index (χ0v) is 17.5. The fraction of sp³-hybridized carbons (Fsp3) is 0.273. The van der Waals surface area contributed by atoms with Gasteiger partial charge in [-0.05, 0) is 49.9 Å². The molecule has 0 radical (unpaired) electrons. The van der Waals surface area contributed by atoms with E-state index in [1.807, 2.05) is 35.9 Å². The van der Waals surface area contributed by atoms with Crippen molar-refractivity contribution in [2.75, 3.05) is 6.54 Å². The zero-order valence-electron chi connectivity index (χ0n) is 16.0. The molecular formula is C22H21Cl2N3O2. The summed E-state index contributed by atoms with van der Waals surface area (Å²) in [5, 5.41) is 18.7. The second kappa shape index (κ2) is 8.19. The lowest BCUT2D eigenvalue weighted by Gasteiger charge is -2.14. The minimum absolute atomic E-state index is 0.0339. The van der Waals surface area contributed by atoms with Gasteiger partial charge >= 0.3 is 0 Å². The average molecular weight is 430 g/mol. The molecule has 4 rings (SSSR count). The summed E-state index contributed by atoms with van der Waals surface area (Å²) in [6.45, 7) is 2.07. The normalized spacial score (nSPS) is 13.9. The molecule has 0 aliphatic heterocycles. The van der Waals surface area contributed by atoms with Gasteiger partial charge in [-0.3, -0.25) is 4.79 Å². The molecule has 1 amide bonds. The number of aliphatic hydroxyl groups is 1. The molecule has 0 saturated heterocycles. The van der Waals surface area contributed by atoms with Crippen molar-refractivity contribution in [2.45, 2.75) is 32.3 Å². The van der Waals surface area contributed by atoms with Gasteiger partial charge in [0.2, 0.25) is 0 Å². The number of carbonyl (C=O) groups excluding carboxylic acids is 1. The molecule has 1 atom stereocenters. The maximum atomic E-state index is 12.9. The Balaban J connectivity index is 1.55. The lowest BCUT2D eigenvalue weighted by Crippen LogP contribution is -2.29. The summed E-state index contributed by atoms with van der Waals surface area (Å²) in [6.07, 6.45) is 1.79. The maximum Gasteiger partial charge on any atom is 0.272 e. The number of amides is 1. The van der Waals surface area contributed by atoms with Gasteiger partial charge in [-0.1, -0.05) is 47.5 Å². The molecule has 1 aliphatic carbocycles. The van der Waals surface area contributed by atoms with E-state index >= 15 is 0 Å². The molecule has 0 fully saturated rings. The third-order valence-electron chi connectivity index (χ3n) is 5.27. The number of rotatable bonds is 5. The van der Waals surface area contributed by atoms with Gasteiger partial charge in [0, 0.05) is 33.4 Å². The summed E-state index contributed by atoms with van der Waals surface area (Å²) < 4.78 is 1.89. The lowest BCUT2D eigenvalue weighted by molar-refractivity contribution is 0.0910. The van der Waals surface area contributed by atoms with E-state index in [1.54, 1.807) is 18.2 Å². The van der Waals surface area contributed by atoms with E-state index in [4.69, 9.17) is 23.2 Å². The van der Waals surface area contributed by atoms with Crippen LogP contribution in [0.1, 0.15) is 45.4 Å². The molecule has 2 aromatic carbocycles. The van der Waals surface area contributed by atoms with E-state index in [9.17, 15) is 9.90 Å². The number of hydrogen-bond acceptors (Lipinski definition) is 3. The van der Waals surface area contributed by atoms with Crippen molar-refractivity contribution in [2.24, 2.45) is 0 Å². The predicted molar refractivity (Wildman–Crippen MR) is 114 cm³/mol. The van der Waals surface area contributed by atoms with Crippen LogP contribution in [0.15, 0.2) is 42.5 Å². The molecule has 0 bridgehead atoms. The molecule has 0 saturated carbocycles. The summed E-state index contributed by atoms with van der Waals surface area (Å²) in [5.74, 6) is -0.292. The predicted octanol–water partition coefficient (Wildman–Crippen LogP) is 4.44. The molecule has 0 spiro atoms. The van der Waals surface area contributed by atoms with Crippen LogP contribution in [0.25, 0.3) is 5.69 Å². The molecule has 7 heteroatoms. The fourth-order valence-corrected chi connectivity index (χ4v) is 4.31. The second-order valence-electron chi connectivity index (χ2n) is 7.22. The molecule has 1 aliphatic rings. The molecule has 5 nitrogen and oxygen atoms in total. The van der Waals surface area contributed by atoms with Crippen LogP contribution in [0.2, 0.25) is 10.0 Å². The summed E-state index contributed by atoms with van der Waals surface area (Å²) in [6, 6.07) is 12.9. The highest BCUT2D eigenvalue weighted by atomic mass is 35.5. The van der Waals surface area contributed by atoms with Crippen molar-refractivity contribution in [1.29, 1.82) is 0 Å². The molecule has 3 aromatic rings.